The Kier molecular flexibility index (Phi) is 7.95. The number of imide groups is 1. The maximum Gasteiger partial charge on any atom is 0.248 e. The molecule has 158 valence electrons. The van der Waals surface area contributed by atoms with Crippen LogP contribution >= 0.6 is 23.7 Å². The van der Waals surface area contributed by atoms with Gasteiger partial charge in [0.2, 0.25) is 17.7 Å². The molecule has 1 saturated heterocycles. The number of benzene rings is 1. The van der Waals surface area contributed by atoms with Gasteiger partial charge in [-0.25, -0.2) is 4.98 Å². The Morgan fingerprint density at radius 2 is 1.90 bits per heavy atom. The molecule has 0 saturated carbocycles. The molecule has 0 spiro atoms. The van der Waals surface area contributed by atoms with Crippen molar-refractivity contribution in [2.45, 2.75) is 19.8 Å². The lowest BCUT2D eigenvalue weighted by molar-refractivity contribution is -0.141. The van der Waals surface area contributed by atoms with Crippen LogP contribution in [0.4, 0.5) is 5.13 Å². The number of carbonyl (C=O) groups excluding carboxylic acids is 3. The molecule has 2 aromatic rings. The standard InChI is InChI=1S/C19H24N4O4S.ClH/c1-4-27-13-6-5-7-14-18(13)20-19(28-14)22(11-10-21(2)3)17(26)12-23-15(24)8-9-16(23)25;/h5-7H,4,8-12H2,1-3H3;1H. The van der Waals surface area contributed by atoms with Crippen LogP contribution in [-0.2, 0) is 14.4 Å². The number of ether oxygens (including phenoxy) is 1. The van der Waals surface area contributed by atoms with E-state index in [2.05, 4.69) is 4.98 Å². The Morgan fingerprint density at radius 3 is 2.52 bits per heavy atom. The molecule has 0 atom stereocenters. The minimum atomic E-state index is -0.317. The number of nitrogens with zero attached hydrogens (tertiary/aromatic N) is 4. The fourth-order valence-corrected chi connectivity index (χ4v) is 3.97. The van der Waals surface area contributed by atoms with E-state index in [0.717, 1.165) is 9.60 Å². The van der Waals surface area contributed by atoms with Crippen LogP contribution in [0.3, 0.4) is 0 Å². The van der Waals surface area contributed by atoms with Gasteiger partial charge in [0.1, 0.15) is 17.8 Å². The predicted molar refractivity (Wildman–Crippen MR) is 115 cm³/mol. The molecule has 3 amide bonds. The molecule has 1 aromatic carbocycles. The highest BCUT2D eigenvalue weighted by atomic mass is 35.5. The number of hydrogen-bond donors (Lipinski definition) is 0. The van der Waals surface area contributed by atoms with Gasteiger partial charge in [0.15, 0.2) is 5.13 Å². The molecule has 29 heavy (non-hydrogen) atoms. The van der Waals surface area contributed by atoms with Crippen molar-refractivity contribution in [3.05, 3.63) is 18.2 Å². The Balaban J connectivity index is 0.00000300. The van der Waals surface area contributed by atoms with Crippen LogP contribution in [0.1, 0.15) is 19.8 Å². The minimum Gasteiger partial charge on any atom is -0.492 e. The monoisotopic (exact) mass is 440 g/mol. The van der Waals surface area contributed by atoms with E-state index in [4.69, 9.17) is 4.74 Å². The zero-order chi connectivity index (χ0) is 20.3. The first kappa shape index (κ1) is 23.1. The molecule has 2 heterocycles. The smallest absolute Gasteiger partial charge is 0.248 e. The molecule has 8 nitrogen and oxygen atoms in total. The zero-order valence-corrected chi connectivity index (χ0v) is 18.3. The summed E-state index contributed by atoms with van der Waals surface area (Å²) in [5.74, 6) is -0.238. The molecule has 1 aromatic heterocycles. The van der Waals surface area contributed by atoms with E-state index in [1.807, 2.05) is 44.1 Å². The first-order valence-electron chi connectivity index (χ1n) is 9.21. The van der Waals surface area contributed by atoms with Gasteiger partial charge in [-0.3, -0.25) is 24.2 Å². The molecule has 10 heteroatoms. The average Bonchev–Trinajstić information content (AvgIpc) is 3.21. The van der Waals surface area contributed by atoms with Crippen molar-refractivity contribution in [3.8, 4) is 5.75 Å². The Hall–Kier alpha value is -2.23. The SMILES string of the molecule is CCOc1cccc2sc(N(CCN(C)C)C(=O)CN3C(=O)CCC3=O)nc12.Cl. The number of likely N-dealkylation sites (tertiary alicyclic amines) is 1. The predicted octanol–water partition coefficient (Wildman–Crippen LogP) is 2.16. The first-order chi connectivity index (χ1) is 13.4. The molecule has 0 unspecified atom stereocenters. The summed E-state index contributed by atoms with van der Waals surface area (Å²) in [5, 5.41) is 0.535. The number of aromatic nitrogens is 1. The topological polar surface area (TPSA) is 83.0 Å². The number of amides is 3. The lowest BCUT2D eigenvalue weighted by Crippen LogP contribution is -2.44. The summed E-state index contributed by atoms with van der Waals surface area (Å²) < 4.78 is 6.56. The third-order valence-corrected chi connectivity index (χ3v) is 5.47. The zero-order valence-electron chi connectivity index (χ0n) is 16.7. The van der Waals surface area contributed by atoms with Gasteiger partial charge in [-0.1, -0.05) is 17.4 Å². The third kappa shape index (κ3) is 5.23. The highest BCUT2D eigenvalue weighted by Gasteiger charge is 2.32. The van der Waals surface area contributed by atoms with E-state index < -0.39 is 0 Å². The Labute approximate surface area is 179 Å². The normalized spacial score (nSPS) is 13.9. The van der Waals surface area contributed by atoms with Gasteiger partial charge >= 0.3 is 0 Å². The van der Waals surface area contributed by atoms with Crippen molar-refractivity contribution >= 4 is 56.8 Å². The summed E-state index contributed by atoms with van der Waals surface area (Å²) in [6.07, 6.45) is 0.339. The number of carbonyl (C=O) groups is 3. The fraction of sp³-hybridized carbons (Fsp3) is 0.474. The van der Waals surface area contributed by atoms with Crippen molar-refractivity contribution in [2.24, 2.45) is 0 Å². The lowest BCUT2D eigenvalue weighted by Gasteiger charge is -2.24. The summed E-state index contributed by atoms with van der Waals surface area (Å²) in [6, 6.07) is 5.67. The van der Waals surface area contributed by atoms with E-state index in [1.54, 1.807) is 4.90 Å². The van der Waals surface area contributed by atoms with Crippen molar-refractivity contribution in [1.29, 1.82) is 0 Å². The quantitative estimate of drug-likeness (QED) is 0.585. The second-order valence-corrected chi connectivity index (χ2v) is 7.76. The number of thiazole rings is 1. The van der Waals surface area contributed by atoms with Crippen LogP contribution in [0.15, 0.2) is 18.2 Å². The number of fused-ring (bicyclic) bond motifs is 1. The van der Waals surface area contributed by atoms with Crippen LogP contribution in [0, 0.1) is 0 Å². The van der Waals surface area contributed by atoms with E-state index in [0.29, 0.717) is 36.1 Å². The first-order valence-corrected chi connectivity index (χ1v) is 10.0. The Bertz CT molecular complexity index is 885. The van der Waals surface area contributed by atoms with Crippen molar-refractivity contribution in [3.63, 3.8) is 0 Å². The molecule has 3 rings (SSSR count). The van der Waals surface area contributed by atoms with Gasteiger partial charge < -0.3 is 9.64 Å². The second kappa shape index (κ2) is 10.00. The molecular formula is C19H25ClN4O4S. The summed E-state index contributed by atoms with van der Waals surface area (Å²) >= 11 is 1.39. The van der Waals surface area contributed by atoms with Gasteiger partial charge in [0.05, 0.1) is 11.3 Å². The molecule has 0 bridgehead atoms. The third-order valence-electron chi connectivity index (χ3n) is 4.42. The van der Waals surface area contributed by atoms with Crippen LogP contribution in [0.5, 0.6) is 5.75 Å². The highest BCUT2D eigenvalue weighted by Crippen LogP contribution is 2.34. The van der Waals surface area contributed by atoms with Crippen LogP contribution in [-0.4, -0.2) is 72.8 Å². The van der Waals surface area contributed by atoms with Gasteiger partial charge in [-0.15, -0.1) is 12.4 Å². The summed E-state index contributed by atoms with van der Waals surface area (Å²) in [6.45, 7) is 3.21. The maximum absolute atomic E-state index is 13.0. The van der Waals surface area contributed by atoms with Gasteiger partial charge in [-0.2, -0.15) is 0 Å². The Morgan fingerprint density at radius 1 is 1.21 bits per heavy atom. The maximum atomic E-state index is 13.0. The van der Waals surface area contributed by atoms with Crippen LogP contribution < -0.4 is 9.64 Å². The second-order valence-electron chi connectivity index (χ2n) is 6.75. The molecule has 0 N–H and O–H groups in total. The van der Waals surface area contributed by atoms with E-state index in [-0.39, 0.29) is 49.5 Å². The van der Waals surface area contributed by atoms with E-state index in [9.17, 15) is 14.4 Å². The summed E-state index contributed by atoms with van der Waals surface area (Å²) in [5.41, 5.74) is 0.709. The van der Waals surface area contributed by atoms with E-state index in [1.165, 1.54) is 11.3 Å². The average molecular weight is 441 g/mol. The van der Waals surface area contributed by atoms with Crippen molar-refractivity contribution in [1.82, 2.24) is 14.8 Å². The van der Waals surface area contributed by atoms with Crippen molar-refractivity contribution < 1.29 is 19.1 Å². The van der Waals surface area contributed by atoms with Crippen LogP contribution in [0.25, 0.3) is 10.2 Å². The molecular weight excluding hydrogens is 416 g/mol. The van der Waals surface area contributed by atoms with Gasteiger partial charge in [-0.05, 0) is 33.2 Å². The number of para-hydroxylation sites is 1. The molecule has 1 fully saturated rings. The number of likely N-dealkylation sites (N-methyl/N-ethyl adjacent to an activating group) is 1. The molecule has 0 aliphatic carbocycles. The van der Waals surface area contributed by atoms with Gasteiger partial charge in [0, 0.05) is 25.9 Å². The van der Waals surface area contributed by atoms with Gasteiger partial charge in [0.25, 0.3) is 0 Å². The number of halogens is 1. The van der Waals surface area contributed by atoms with Crippen molar-refractivity contribution in [2.75, 3.05) is 45.2 Å². The highest BCUT2D eigenvalue weighted by molar-refractivity contribution is 7.22. The minimum absolute atomic E-state index is 0. The fourth-order valence-electron chi connectivity index (χ4n) is 2.95. The lowest BCUT2D eigenvalue weighted by atomic mass is 10.3. The number of hydrogen-bond acceptors (Lipinski definition) is 7. The molecule has 1 aliphatic rings. The summed E-state index contributed by atoms with van der Waals surface area (Å²) in [4.78, 5) is 46.0. The van der Waals surface area contributed by atoms with Crippen LogP contribution in [0.2, 0.25) is 0 Å². The molecule has 0 radical (unpaired) electrons. The number of anilines is 1. The van der Waals surface area contributed by atoms with E-state index >= 15 is 0 Å². The largest absolute Gasteiger partial charge is 0.492 e. The molecule has 1 aliphatic heterocycles. The number of rotatable bonds is 8. The summed E-state index contributed by atoms with van der Waals surface area (Å²) in [7, 11) is 3.84.